The van der Waals surface area contributed by atoms with Crippen LogP contribution in [0, 0.1) is 5.92 Å². The molecule has 1 saturated carbocycles. The number of hydrogen-bond acceptors (Lipinski definition) is 1. The van der Waals surface area contributed by atoms with Gasteiger partial charge in [-0.05, 0) is 12.8 Å². The Morgan fingerprint density at radius 2 is 1.82 bits per heavy atom. The predicted octanol–water partition coefficient (Wildman–Crippen LogP) is 2.62. The second-order valence-corrected chi connectivity index (χ2v) is 3.10. The molecule has 1 rings (SSSR count). The van der Waals surface area contributed by atoms with Gasteiger partial charge in [0.15, 0.2) is 11.6 Å². The van der Waals surface area contributed by atoms with E-state index in [2.05, 4.69) is 6.58 Å². The zero-order valence-corrected chi connectivity index (χ0v) is 6.61. The fourth-order valence-electron chi connectivity index (χ4n) is 1.59. The number of ketones is 1. The first-order valence-corrected chi connectivity index (χ1v) is 4.10. The van der Waals surface area contributed by atoms with Crippen molar-refractivity contribution in [3.63, 3.8) is 0 Å². The highest BCUT2D eigenvalue weighted by molar-refractivity contribution is 5.94. The van der Waals surface area contributed by atoms with E-state index in [1.54, 1.807) is 0 Å². The Bertz CT molecular complexity index is 168. The third-order valence-electron chi connectivity index (χ3n) is 2.24. The Hall–Kier alpha value is -0.660. The minimum absolute atomic E-state index is 0.0683. The van der Waals surface area contributed by atoms with Crippen LogP contribution in [0.15, 0.2) is 12.4 Å². The molecule has 1 fully saturated rings. The van der Waals surface area contributed by atoms with Crippen molar-refractivity contribution in [2.24, 2.45) is 5.92 Å². The van der Waals surface area contributed by atoms with Gasteiger partial charge in [0.25, 0.3) is 0 Å². The molecule has 1 aliphatic rings. The maximum Gasteiger partial charge on any atom is 0.193 e. The van der Waals surface area contributed by atoms with E-state index in [9.17, 15) is 9.18 Å². The van der Waals surface area contributed by atoms with Crippen LogP contribution in [0.2, 0.25) is 0 Å². The average Bonchev–Trinajstić information content (AvgIpc) is 2.05. The Morgan fingerprint density at radius 1 is 1.27 bits per heavy atom. The summed E-state index contributed by atoms with van der Waals surface area (Å²) in [5.41, 5.74) is 0. The third kappa shape index (κ3) is 2.14. The lowest BCUT2D eigenvalue weighted by Crippen LogP contribution is -2.17. The normalized spacial score (nSPS) is 19.7. The summed E-state index contributed by atoms with van der Waals surface area (Å²) in [7, 11) is 0. The zero-order valence-electron chi connectivity index (χ0n) is 6.61. The van der Waals surface area contributed by atoms with Crippen molar-refractivity contribution in [1.82, 2.24) is 0 Å². The Kier molecular flexibility index (Phi) is 2.80. The lowest BCUT2D eigenvalue weighted by Gasteiger charge is -2.18. The SMILES string of the molecule is C=C(F)C(=O)C1CCCCC1. The topological polar surface area (TPSA) is 17.1 Å². The standard InChI is InChI=1S/C9H13FO/c1-7(10)9(11)8-5-3-2-4-6-8/h8H,1-6H2. The Balaban J connectivity index is 2.45. The largest absolute Gasteiger partial charge is 0.291 e. The molecule has 0 spiro atoms. The molecule has 0 aliphatic heterocycles. The van der Waals surface area contributed by atoms with E-state index >= 15 is 0 Å². The number of carbonyl (C=O) groups is 1. The molecule has 2 heteroatoms. The fourth-order valence-corrected chi connectivity index (χ4v) is 1.59. The molecule has 0 heterocycles. The first kappa shape index (κ1) is 8.44. The molecule has 0 radical (unpaired) electrons. The van der Waals surface area contributed by atoms with Gasteiger partial charge in [0.2, 0.25) is 0 Å². The highest BCUT2D eigenvalue weighted by atomic mass is 19.1. The van der Waals surface area contributed by atoms with E-state index in [1.807, 2.05) is 0 Å². The van der Waals surface area contributed by atoms with Crippen LogP contribution < -0.4 is 0 Å². The van der Waals surface area contributed by atoms with Gasteiger partial charge in [-0.3, -0.25) is 4.79 Å². The van der Waals surface area contributed by atoms with Gasteiger partial charge in [-0.25, -0.2) is 4.39 Å². The van der Waals surface area contributed by atoms with Crippen molar-refractivity contribution in [1.29, 1.82) is 0 Å². The van der Waals surface area contributed by atoms with Gasteiger partial charge in [-0.1, -0.05) is 25.8 Å². The van der Waals surface area contributed by atoms with E-state index in [1.165, 1.54) is 6.42 Å². The Morgan fingerprint density at radius 3 is 2.27 bits per heavy atom. The van der Waals surface area contributed by atoms with Crippen LogP contribution in [0.5, 0.6) is 0 Å². The second kappa shape index (κ2) is 3.65. The molecule has 0 amide bonds. The molecular formula is C9H13FO. The molecule has 0 aromatic carbocycles. The second-order valence-electron chi connectivity index (χ2n) is 3.10. The van der Waals surface area contributed by atoms with Gasteiger partial charge in [-0.15, -0.1) is 0 Å². The lowest BCUT2D eigenvalue weighted by atomic mass is 9.86. The van der Waals surface area contributed by atoms with Crippen molar-refractivity contribution >= 4 is 5.78 Å². The van der Waals surface area contributed by atoms with Gasteiger partial charge < -0.3 is 0 Å². The average molecular weight is 156 g/mol. The summed E-state index contributed by atoms with van der Waals surface area (Å²) in [6.45, 7) is 3.01. The van der Waals surface area contributed by atoms with Gasteiger partial charge in [0.05, 0.1) is 0 Å². The minimum atomic E-state index is -0.767. The summed E-state index contributed by atoms with van der Waals surface area (Å²) in [4.78, 5) is 11.0. The third-order valence-corrected chi connectivity index (χ3v) is 2.24. The molecule has 0 unspecified atom stereocenters. The summed E-state index contributed by atoms with van der Waals surface area (Å²) >= 11 is 0. The molecule has 0 atom stereocenters. The highest BCUT2D eigenvalue weighted by Crippen LogP contribution is 2.26. The highest BCUT2D eigenvalue weighted by Gasteiger charge is 2.22. The molecule has 0 aromatic rings. The summed E-state index contributed by atoms with van der Waals surface area (Å²) in [6.07, 6.45) is 5.00. The van der Waals surface area contributed by atoms with Crippen LogP contribution in [0.3, 0.4) is 0 Å². The molecule has 1 aliphatic carbocycles. The summed E-state index contributed by atoms with van der Waals surface area (Å²) in [6, 6.07) is 0. The quantitative estimate of drug-likeness (QED) is 0.562. The van der Waals surface area contributed by atoms with E-state index in [0.717, 1.165) is 25.7 Å². The smallest absolute Gasteiger partial charge is 0.193 e. The molecule has 11 heavy (non-hydrogen) atoms. The monoisotopic (exact) mass is 156 g/mol. The van der Waals surface area contributed by atoms with Crippen molar-refractivity contribution in [2.45, 2.75) is 32.1 Å². The van der Waals surface area contributed by atoms with Crippen LogP contribution >= 0.6 is 0 Å². The van der Waals surface area contributed by atoms with Crippen LogP contribution in [-0.2, 0) is 4.79 Å². The molecule has 0 bridgehead atoms. The van der Waals surface area contributed by atoms with Gasteiger partial charge in [-0.2, -0.15) is 0 Å². The van der Waals surface area contributed by atoms with Gasteiger partial charge in [0, 0.05) is 5.92 Å². The van der Waals surface area contributed by atoms with Crippen molar-refractivity contribution in [3.8, 4) is 0 Å². The van der Waals surface area contributed by atoms with Crippen LogP contribution in [0.25, 0.3) is 0 Å². The first-order valence-electron chi connectivity index (χ1n) is 4.10. The molecule has 0 N–H and O–H groups in total. The zero-order chi connectivity index (χ0) is 8.27. The number of allylic oxidation sites excluding steroid dienone is 1. The number of rotatable bonds is 2. The number of hydrogen-bond donors (Lipinski definition) is 0. The van der Waals surface area contributed by atoms with Gasteiger partial charge >= 0.3 is 0 Å². The number of carbonyl (C=O) groups excluding carboxylic acids is 1. The minimum Gasteiger partial charge on any atom is -0.291 e. The predicted molar refractivity (Wildman–Crippen MR) is 41.8 cm³/mol. The lowest BCUT2D eigenvalue weighted by molar-refractivity contribution is -0.121. The summed E-state index contributed by atoms with van der Waals surface area (Å²) in [5.74, 6) is -1.21. The van der Waals surface area contributed by atoms with Crippen molar-refractivity contribution < 1.29 is 9.18 Å². The van der Waals surface area contributed by atoms with Crippen LogP contribution in [0.1, 0.15) is 32.1 Å². The molecular weight excluding hydrogens is 143 g/mol. The van der Waals surface area contributed by atoms with E-state index in [-0.39, 0.29) is 11.7 Å². The molecule has 0 saturated heterocycles. The van der Waals surface area contributed by atoms with E-state index in [0.29, 0.717) is 0 Å². The van der Waals surface area contributed by atoms with Crippen molar-refractivity contribution in [3.05, 3.63) is 12.4 Å². The number of halogens is 1. The van der Waals surface area contributed by atoms with E-state index < -0.39 is 5.83 Å². The van der Waals surface area contributed by atoms with Crippen LogP contribution in [-0.4, -0.2) is 5.78 Å². The summed E-state index contributed by atoms with van der Waals surface area (Å²) in [5, 5.41) is 0. The number of Topliss-reactive ketones (excluding diaryl/α,β-unsaturated/α-hetero) is 1. The molecule has 62 valence electrons. The Labute approximate surface area is 66.3 Å². The fraction of sp³-hybridized carbons (Fsp3) is 0.667. The molecule has 0 aromatic heterocycles. The van der Waals surface area contributed by atoms with Crippen LogP contribution in [0.4, 0.5) is 4.39 Å². The maximum absolute atomic E-state index is 12.3. The van der Waals surface area contributed by atoms with Crippen molar-refractivity contribution in [2.75, 3.05) is 0 Å². The van der Waals surface area contributed by atoms with E-state index in [4.69, 9.17) is 0 Å². The molecule has 1 nitrogen and oxygen atoms in total. The maximum atomic E-state index is 12.3. The summed E-state index contributed by atoms with van der Waals surface area (Å²) < 4.78 is 12.3. The van der Waals surface area contributed by atoms with Gasteiger partial charge in [0.1, 0.15) is 0 Å². The first-order chi connectivity index (χ1) is 5.22.